The van der Waals surface area contributed by atoms with Gasteiger partial charge in [0, 0.05) is 11.8 Å². The molecule has 2 aromatic rings. The van der Waals surface area contributed by atoms with Crippen LogP contribution >= 0.6 is 0 Å². The zero-order valence-corrected chi connectivity index (χ0v) is 14.2. The van der Waals surface area contributed by atoms with Crippen LogP contribution in [-0.2, 0) is 9.53 Å². The molecule has 7 nitrogen and oxygen atoms in total. The first-order chi connectivity index (χ1) is 11.8. The number of amides is 1. The predicted molar refractivity (Wildman–Crippen MR) is 92.7 cm³/mol. The van der Waals surface area contributed by atoms with E-state index >= 15 is 0 Å². The van der Waals surface area contributed by atoms with Crippen molar-refractivity contribution in [2.75, 3.05) is 11.9 Å². The summed E-state index contributed by atoms with van der Waals surface area (Å²) in [5.41, 5.74) is 2.49. The van der Waals surface area contributed by atoms with Gasteiger partial charge in [-0.05, 0) is 49.6 Å². The smallest absolute Gasteiger partial charge is 0.345 e. The summed E-state index contributed by atoms with van der Waals surface area (Å²) in [5, 5.41) is 13.7. The van der Waals surface area contributed by atoms with E-state index in [4.69, 9.17) is 4.74 Å². The van der Waals surface area contributed by atoms with Crippen molar-refractivity contribution >= 4 is 23.3 Å². The molecule has 0 spiro atoms. The number of benzene rings is 2. The van der Waals surface area contributed by atoms with Crippen LogP contribution in [0.2, 0.25) is 0 Å². The number of rotatable bonds is 5. The van der Waals surface area contributed by atoms with Gasteiger partial charge in [0.15, 0.2) is 6.61 Å². The van der Waals surface area contributed by atoms with Gasteiger partial charge >= 0.3 is 5.97 Å². The summed E-state index contributed by atoms with van der Waals surface area (Å²) in [7, 11) is 0. The topological polar surface area (TPSA) is 98.5 Å². The van der Waals surface area contributed by atoms with Crippen molar-refractivity contribution in [2.45, 2.75) is 20.8 Å². The van der Waals surface area contributed by atoms with Crippen LogP contribution in [-0.4, -0.2) is 23.4 Å². The minimum Gasteiger partial charge on any atom is -0.452 e. The van der Waals surface area contributed by atoms with Gasteiger partial charge in [-0.25, -0.2) is 4.79 Å². The van der Waals surface area contributed by atoms with Crippen LogP contribution in [0.3, 0.4) is 0 Å². The average molecular weight is 342 g/mol. The van der Waals surface area contributed by atoms with Crippen molar-refractivity contribution in [3.05, 3.63) is 68.8 Å². The Bertz CT molecular complexity index is 825. The Morgan fingerprint density at radius 3 is 2.36 bits per heavy atom. The summed E-state index contributed by atoms with van der Waals surface area (Å²) in [6, 6.07) is 9.82. The molecule has 0 bridgehead atoms. The third-order valence-corrected chi connectivity index (χ3v) is 3.49. The van der Waals surface area contributed by atoms with E-state index in [9.17, 15) is 19.7 Å². The van der Waals surface area contributed by atoms with E-state index in [2.05, 4.69) is 5.32 Å². The fourth-order valence-electron chi connectivity index (χ4n) is 2.52. The van der Waals surface area contributed by atoms with Crippen molar-refractivity contribution in [1.82, 2.24) is 0 Å². The minimum atomic E-state index is -0.902. The lowest BCUT2D eigenvalue weighted by atomic mass is 10.1. The van der Waals surface area contributed by atoms with Crippen LogP contribution in [0, 0.1) is 30.9 Å². The standard InChI is InChI=1S/C18H18N2O5/c1-11-7-12(2)9-14(8-11)19-16(21)10-25-18(22)17-13(3)5-4-6-15(17)20(23)24/h4-9H,10H2,1-3H3,(H,19,21). The van der Waals surface area contributed by atoms with Gasteiger partial charge in [-0.15, -0.1) is 0 Å². The number of hydrogen-bond donors (Lipinski definition) is 1. The Hall–Kier alpha value is -3.22. The highest BCUT2D eigenvalue weighted by Gasteiger charge is 2.24. The predicted octanol–water partition coefficient (Wildman–Crippen LogP) is 3.32. The van der Waals surface area contributed by atoms with Gasteiger partial charge in [-0.3, -0.25) is 14.9 Å². The molecule has 0 radical (unpaired) electrons. The maximum atomic E-state index is 12.1. The molecule has 2 rings (SSSR count). The number of nitro groups is 1. The quantitative estimate of drug-likeness (QED) is 0.510. The molecule has 0 saturated heterocycles. The number of nitro benzene ring substituents is 1. The summed E-state index contributed by atoms with van der Waals surface area (Å²) in [6.07, 6.45) is 0. The molecule has 1 N–H and O–H groups in total. The maximum absolute atomic E-state index is 12.1. The van der Waals surface area contributed by atoms with Gasteiger partial charge in [-0.2, -0.15) is 0 Å². The summed E-state index contributed by atoms with van der Waals surface area (Å²) in [4.78, 5) is 34.5. The molecule has 0 heterocycles. The van der Waals surface area contributed by atoms with Crippen molar-refractivity contribution in [2.24, 2.45) is 0 Å². The summed E-state index contributed by atoms with van der Waals surface area (Å²) in [6.45, 7) is 4.84. The Labute approximate surface area is 144 Å². The summed E-state index contributed by atoms with van der Waals surface area (Å²) in [5.74, 6) is -1.42. The van der Waals surface area contributed by atoms with Crippen molar-refractivity contribution in [3.63, 3.8) is 0 Å². The molecule has 0 aliphatic rings. The third kappa shape index (κ3) is 4.63. The Morgan fingerprint density at radius 1 is 1.12 bits per heavy atom. The largest absolute Gasteiger partial charge is 0.452 e. The molecule has 0 unspecified atom stereocenters. The normalized spacial score (nSPS) is 10.2. The maximum Gasteiger partial charge on any atom is 0.345 e. The number of ether oxygens (including phenoxy) is 1. The number of esters is 1. The number of nitrogens with one attached hydrogen (secondary N) is 1. The Kier molecular flexibility index (Phi) is 5.49. The molecule has 0 saturated carbocycles. The van der Waals surface area contributed by atoms with E-state index in [1.807, 2.05) is 19.9 Å². The molecule has 25 heavy (non-hydrogen) atoms. The zero-order valence-electron chi connectivity index (χ0n) is 14.2. The van der Waals surface area contributed by atoms with Gasteiger partial charge in [0.2, 0.25) is 0 Å². The minimum absolute atomic E-state index is 0.147. The van der Waals surface area contributed by atoms with Gasteiger partial charge in [0.05, 0.1) is 4.92 Å². The van der Waals surface area contributed by atoms with E-state index in [1.54, 1.807) is 25.1 Å². The van der Waals surface area contributed by atoms with Gasteiger partial charge in [0.25, 0.3) is 11.6 Å². The molecular formula is C18H18N2O5. The highest BCUT2D eigenvalue weighted by Crippen LogP contribution is 2.22. The lowest BCUT2D eigenvalue weighted by Crippen LogP contribution is -2.21. The SMILES string of the molecule is Cc1cc(C)cc(NC(=O)COC(=O)c2c(C)cccc2[N+](=O)[O-])c1. The van der Waals surface area contributed by atoms with Crippen LogP contribution < -0.4 is 5.32 Å². The second kappa shape index (κ2) is 7.57. The number of aryl methyl sites for hydroxylation is 3. The van der Waals surface area contributed by atoms with E-state index < -0.39 is 23.4 Å². The fraction of sp³-hybridized carbons (Fsp3) is 0.222. The molecule has 2 aromatic carbocycles. The van der Waals surface area contributed by atoms with Crippen LogP contribution in [0.5, 0.6) is 0 Å². The van der Waals surface area contributed by atoms with E-state index in [1.165, 1.54) is 12.1 Å². The fourth-order valence-corrected chi connectivity index (χ4v) is 2.52. The molecule has 0 aliphatic heterocycles. The number of hydrogen-bond acceptors (Lipinski definition) is 5. The van der Waals surface area contributed by atoms with Crippen LogP contribution in [0.4, 0.5) is 11.4 Å². The first kappa shape index (κ1) is 18.1. The number of carbonyl (C=O) groups excluding carboxylic acids is 2. The third-order valence-electron chi connectivity index (χ3n) is 3.49. The highest BCUT2D eigenvalue weighted by molar-refractivity contribution is 5.98. The van der Waals surface area contributed by atoms with Crippen LogP contribution in [0.25, 0.3) is 0 Å². The molecule has 0 fully saturated rings. The lowest BCUT2D eigenvalue weighted by Gasteiger charge is -2.09. The van der Waals surface area contributed by atoms with Gasteiger partial charge < -0.3 is 10.1 Å². The first-order valence-corrected chi connectivity index (χ1v) is 7.57. The van der Waals surface area contributed by atoms with E-state index in [0.717, 1.165) is 11.1 Å². The highest BCUT2D eigenvalue weighted by atomic mass is 16.6. The molecule has 7 heteroatoms. The Morgan fingerprint density at radius 2 is 1.76 bits per heavy atom. The lowest BCUT2D eigenvalue weighted by molar-refractivity contribution is -0.385. The number of anilines is 1. The zero-order chi connectivity index (χ0) is 18.6. The average Bonchev–Trinajstić information content (AvgIpc) is 2.51. The van der Waals surface area contributed by atoms with E-state index in [-0.39, 0.29) is 11.3 Å². The van der Waals surface area contributed by atoms with Crippen molar-refractivity contribution in [3.8, 4) is 0 Å². The van der Waals surface area contributed by atoms with Crippen molar-refractivity contribution < 1.29 is 19.2 Å². The summed E-state index contributed by atoms with van der Waals surface area (Å²) >= 11 is 0. The monoisotopic (exact) mass is 342 g/mol. The van der Waals surface area contributed by atoms with Crippen molar-refractivity contribution in [1.29, 1.82) is 0 Å². The van der Waals surface area contributed by atoms with Crippen LogP contribution in [0.1, 0.15) is 27.0 Å². The molecule has 0 atom stereocenters. The van der Waals surface area contributed by atoms with Gasteiger partial charge in [-0.1, -0.05) is 18.2 Å². The molecule has 1 amide bonds. The number of nitrogens with zero attached hydrogens (tertiary/aromatic N) is 1. The molecule has 0 aliphatic carbocycles. The Balaban J connectivity index is 2.05. The van der Waals surface area contributed by atoms with Gasteiger partial charge in [0.1, 0.15) is 5.56 Å². The second-order valence-electron chi connectivity index (χ2n) is 5.73. The summed E-state index contributed by atoms with van der Waals surface area (Å²) < 4.78 is 4.94. The first-order valence-electron chi connectivity index (χ1n) is 7.57. The molecular weight excluding hydrogens is 324 g/mol. The van der Waals surface area contributed by atoms with Crippen LogP contribution in [0.15, 0.2) is 36.4 Å². The molecule has 130 valence electrons. The van der Waals surface area contributed by atoms with E-state index in [0.29, 0.717) is 11.3 Å². The number of carbonyl (C=O) groups is 2. The molecule has 0 aromatic heterocycles. The second-order valence-corrected chi connectivity index (χ2v) is 5.73.